The molecule has 1 rings (SSSR count). The molecule has 0 saturated carbocycles. The van der Waals surface area contributed by atoms with Crippen LogP contribution in [0.1, 0.15) is 49.9 Å². The summed E-state index contributed by atoms with van der Waals surface area (Å²) in [5, 5.41) is 0. The van der Waals surface area contributed by atoms with Crippen molar-refractivity contribution in [3.8, 4) is 5.75 Å². The van der Waals surface area contributed by atoms with E-state index in [1.165, 1.54) is 0 Å². The molecule has 19 heavy (non-hydrogen) atoms. The van der Waals surface area contributed by atoms with E-state index in [2.05, 4.69) is 29.8 Å². The lowest BCUT2D eigenvalue weighted by Gasteiger charge is -2.11. The zero-order valence-electron chi connectivity index (χ0n) is 11.6. The van der Waals surface area contributed by atoms with Gasteiger partial charge in [0.15, 0.2) is 0 Å². The maximum atomic E-state index is 12.0. The number of ether oxygens (including phenoxy) is 2. The first-order valence-corrected chi connectivity index (χ1v) is 7.57. The number of unbranched alkanes of at least 4 members (excludes halogenated alkanes) is 2. The summed E-state index contributed by atoms with van der Waals surface area (Å²) < 4.78 is 11.8. The van der Waals surface area contributed by atoms with Gasteiger partial charge in [0.05, 0.1) is 13.2 Å². The molecule has 0 unspecified atom stereocenters. The van der Waals surface area contributed by atoms with Gasteiger partial charge in [0.2, 0.25) is 0 Å². The Morgan fingerprint density at radius 1 is 1.16 bits per heavy atom. The fraction of sp³-hybridized carbons (Fsp3) is 0.533. The highest BCUT2D eigenvalue weighted by atomic mass is 79.9. The molecule has 0 spiro atoms. The zero-order valence-corrected chi connectivity index (χ0v) is 13.2. The Balaban J connectivity index is 2.71. The van der Waals surface area contributed by atoms with Crippen LogP contribution in [0, 0.1) is 0 Å². The molecular weight excluding hydrogens is 308 g/mol. The minimum atomic E-state index is -0.313. The second-order valence-corrected chi connectivity index (χ2v) is 5.25. The largest absolute Gasteiger partial charge is 0.493 e. The first-order valence-electron chi connectivity index (χ1n) is 6.78. The van der Waals surface area contributed by atoms with Crippen LogP contribution in [0.3, 0.4) is 0 Å². The predicted octanol–water partition coefficient (Wildman–Crippen LogP) is 4.58. The number of hydrogen-bond donors (Lipinski definition) is 0. The molecule has 1 aromatic rings. The van der Waals surface area contributed by atoms with E-state index in [4.69, 9.17) is 9.47 Å². The van der Waals surface area contributed by atoms with Crippen LogP contribution in [0.2, 0.25) is 0 Å². The van der Waals surface area contributed by atoms with Gasteiger partial charge in [-0.25, -0.2) is 4.79 Å². The normalized spacial score (nSPS) is 10.3. The number of carbonyl (C=O) groups is 1. The van der Waals surface area contributed by atoms with E-state index < -0.39 is 0 Å². The molecule has 0 heterocycles. The first-order chi connectivity index (χ1) is 9.19. The number of esters is 1. The Kier molecular flexibility index (Phi) is 7.56. The molecule has 0 aliphatic rings. The highest BCUT2D eigenvalue weighted by molar-refractivity contribution is 9.10. The SMILES string of the molecule is CCCCOC(=O)c1ccc(Br)cc1OCCCC. The summed E-state index contributed by atoms with van der Waals surface area (Å²) in [5.41, 5.74) is 0.496. The van der Waals surface area contributed by atoms with Gasteiger partial charge in [-0.3, -0.25) is 0 Å². The summed E-state index contributed by atoms with van der Waals surface area (Å²) in [6.45, 7) is 5.24. The molecule has 0 aliphatic carbocycles. The Morgan fingerprint density at radius 2 is 1.84 bits per heavy atom. The van der Waals surface area contributed by atoms with Crippen molar-refractivity contribution >= 4 is 21.9 Å². The highest BCUT2D eigenvalue weighted by Gasteiger charge is 2.14. The summed E-state index contributed by atoms with van der Waals surface area (Å²) in [5.74, 6) is 0.275. The van der Waals surface area contributed by atoms with Crippen molar-refractivity contribution < 1.29 is 14.3 Å². The Labute approximate surface area is 123 Å². The van der Waals surface area contributed by atoms with Crippen molar-refractivity contribution in [2.45, 2.75) is 39.5 Å². The summed E-state index contributed by atoms with van der Waals surface area (Å²) in [6, 6.07) is 5.37. The lowest BCUT2D eigenvalue weighted by Crippen LogP contribution is -2.09. The lowest BCUT2D eigenvalue weighted by molar-refractivity contribution is 0.0495. The van der Waals surface area contributed by atoms with Crippen LogP contribution in [0.25, 0.3) is 0 Å². The number of rotatable bonds is 8. The fourth-order valence-corrected chi connectivity index (χ4v) is 1.84. The van der Waals surface area contributed by atoms with Crippen LogP contribution >= 0.6 is 15.9 Å². The van der Waals surface area contributed by atoms with E-state index in [0.29, 0.717) is 24.5 Å². The Bertz CT molecular complexity index is 404. The third kappa shape index (κ3) is 5.64. The average molecular weight is 329 g/mol. The monoisotopic (exact) mass is 328 g/mol. The van der Waals surface area contributed by atoms with Crippen molar-refractivity contribution in [1.29, 1.82) is 0 Å². The summed E-state index contributed by atoms with van der Waals surface area (Å²) in [7, 11) is 0. The van der Waals surface area contributed by atoms with Gasteiger partial charge in [0.1, 0.15) is 11.3 Å². The second kappa shape index (κ2) is 8.97. The maximum Gasteiger partial charge on any atom is 0.341 e. The van der Waals surface area contributed by atoms with Gasteiger partial charge in [-0.15, -0.1) is 0 Å². The van der Waals surface area contributed by atoms with Crippen LogP contribution in [0.4, 0.5) is 0 Å². The molecule has 0 bridgehead atoms. The van der Waals surface area contributed by atoms with E-state index in [1.807, 2.05) is 12.1 Å². The quantitative estimate of drug-likeness (QED) is 0.517. The molecular formula is C15H21BrO3. The fourth-order valence-electron chi connectivity index (χ4n) is 1.50. The van der Waals surface area contributed by atoms with Gasteiger partial charge in [-0.1, -0.05) is 42.6 Å². The van der Waals surface area contributed by atoms with E-state index in [-0.39, 0.29) is 5.97 Å². The molecule has 0 saturated heterocycles. The molecule has 0 fully saturated rings. The topological polar surface area (TPSA) is 35.5 Å². The summed E-state index contributed by atoms with van der Waals surface area (Å²) in [6.07, 6.45) is 3.92. The van der Waals surface area contributed by atoms with E-state index in [1.54, 1.807) is 6.07 Å². The molecule has 0 amide bonds. The molecule has 0 aliphatic heterocycles. The van der Waals surface area contributed by atoms with E-state index >= 15 is 0 Å². The Hall–Kier alpha value is -1.03. The van der Waals surface area contributed by atoms with Gasteiger partial charge in [-0.2, -0.15) is 0 Å². The molecule has 1 aromatic carbocycles. The molecule has 0 N–H and O–H groups in total. The number of halogens is 1. The van der Waals surface area contributed by atoms with E-state index in [0.717, 1.165) is 30.2 Å². The number of carbonyl (C=O) groups excluding carboxylic acids is 1. The zero-order chi connectivity index (χ0) is 14.1. The number of hydrogen-bond acceptors (Lipinski definition) is 3. The lowest BCUT2D eigenvalue weighted by atomic mass is 10.2. The molecule has 0 atom stereocenters. The van der Waals surface area contributed by atoms with Crippen LogP contribution < -0.4 is 4.74 Å². The third-order valence-corrected chi connectivity index (χ3v) is 3.14. The van der Waals surface area contributed by atoms with Crippen molar-refractivity contribution in [2.75, 3.05) is 13.2 Å². The molecule has 0 aromatic heterocycles. The van der Waals surface area contributed by atoms with Gasteiger partial charge in [-0.05, 0) is 31.0 Å². The molecule has 3 nitrogen and oxygen atoms in total. The van der Waals surface area contributed by atoms with Gasteiger partial charge in [0, 0.05) is 4.47 Å². The molecule has 106 valence electrons. The van der Waals surface area contributed by atoms with Gasteiger partial charge >= 0.3 is 5.97 Å². The Morgan fingerprint density at radius 3 is 2.53 bits per heavy atom. The highest BCUT2D eigenvalue weighted by Crippen LogP contribution is 2.25. The minimum Gasteiger partial charge on any atom is -0.493 e. The minimum absolute atomic E-state index is 0.313. The second-order valence-electron chi connectivity index (χ2n) is 4.33. The van der Waals surface area contributed by atoms with Gasteiger partial charge in [0.25, 0.3) is 0 Å². The van der Waals surface area contributed by atoms with Gasteiger partial charge < -0.3 is 9.47 Å². The van der Waals surface area contributed by atoms with Crippen LogP contribution in [-0.2, 0) is 4.74 Å². The summed E-state index contributed by atoms with van der Waals surface area (Å²) >= 11 is 3.39. The first kappa shape index (κ1) is 16.0. The van der Waals surface area contributed by atoms with E-state index in [9.17, 15) is 4.79 Å². The maximum absolute atomic E-state index is 12.0. The molecule has 4 heteroatoms. The average Bonchev–Trinajstić information content (AvgIpc) is 2.39. The standard InChI is InChI=1S/C15H21BrO3/c1-3-5-9-18-14-11-12(16)7-8-13(14)15(17)19-10-6-4-2/h7-8,11H,3-6,9-10H2,1-2H3. The smallest absolute Gasteiger partial charge is 0.341 e. The van der Waals surface area contributed by atoms with Crippen LogP contribution in [0.5, 0.6) is 5.75 Å². The third-order valence-electron chi connectivity index (χ3n) is 2.65. The predicted molar refractivity (Wildman–Crippen MR) is 79.7 cm³/mol. The molecule has 0 radical (unpaired) electrons. The van der Waals surface area contributed by atoms with Crippen molar-refractivity contribution in [1.82, 2.24) is 0 Å². The van der Waals surface area contributed by atoms with Crippen LogP contribution in [0.15, 0.2) is 22.7 Å². The number of benzene rings is 1. The van der Waals surface area contributed by atoms with Crippen molar-refractivity contribution in [3.63, 3.8) is 0 Å². The van der Waals surface area contributed by atoms with Crippen LogP contribution in [-0.4, -0.2) is 19.2 Å². The van der Waals surface area contributed by atoms with Crippen molar-refractivity contribution in [2.24, 2.45) is 0 Å². The van der Waals surface area contributed by atoms with Crippen molar-refractivity contribution in [3.05, 3.63) is 28.2 Å². The summed E-state index contributed by atoms with van der Waals surface area (Å²) in [4.78, 5) is 12.0.